The highest BCUT2D eigenvalue weighted by atomic mass is 35.5. The molecule has 1 aromatic carbocycles. The maximum absolute atomic E-state index is 12.4. The molecule has 1 heterocycles. The van der Waals surface area contributed by atoms with Gasteiger partial charge in [0.25, 0.3) is 5.91 Å². The van der Waals surface area contributed by atoms with Gasteiger partial charge in [-0.1, -0.05) is 11.6 Å². The monoisotopic (exact) mass is 376 g/mol. The summed E-state index contributed by atoms with van der Waals surface area (Å²) in [5, 5.41) is 5.04. The van der Waals surface area contributed by atoms with Crippen molar-refractivity contribution in [2.24, 2.45) is 0 Å². The van der Waals surface area contributed by atoms with Crippen LogP contribution in [0.4, 0.5) is 5.69 Å². The lowest BCUT2D eigenvalue weighted by molar-refractivity contribution is -0.121. The molecule has 0 atom stereocenters. The highest BCUT2D eigenvalue weighted by molar-refractivity contribution is 7.91. The Labute approximate surface area is 144 Å². The van der Waals surface area contributed by atoms with E-state index in [0.717, 1.165) is 0 Å². The number of methoxy groups -OCH3 is 1. The van der Waals surface area contributed by atoms with E-state index in [0.29, 0.717) is 18.8 Å². The standard InChI is InChI=1S/C14H17ClN2O6S/c1-22-4-3-16-13(18)2-5-24(20,21)12-7-11-10(6-9(12)15)17-14(19)8-23-11/h6-7H,2-5,8H2,1H3,(H,16,18)(H,17,19). The van der Waals surface area contributed by atoms with Crippen molar-refractivity contribution in [1.29, 1.82) is 0 Å². The van der Waals surface area contributed by atoms with Crippen LogP contribution in [0, 0.1) is 0 Å². The fraction of sp³-hybridized carbons (Fsp3) is 0.429. The van der Waals surface area contributed by atoms with Crippen molar-refractivity contribution >= 4 is 38.9 Å². The number of sulfone groups is 1. The molecule has 10 heteroatoms. The Hall–Kier alpha value is -1.84. The quantitative estimate of drug-likeness (QED) is 0.674. The first-order chi connectivity index (χ1) is 11.3. The van der Waals surface area contributed by atoms with Crippen LogP contribution in [0.15, 0.2) is 17.0 Å². The topological polar surface area (TPSA) is 111 Å². The molecule has 0 fully saturated rings. The molecule has 1 aliphatic rings. The number of ether oxygens (including phenoxy) is 2. The predicted octanol–water partition coefficient (Wildman–Crippen LogP) is 0.597. The van der Waals surface area contributed by atoms with Crippen molar-refractivity contribution in [2.45, 2.75) is 11.3 Å². The lowest BCUT2D eigenvalue weighted by Gasteiger charge is -2.19. The Morgan fingerprint density at radius 1 is 1.46 bits per heavy atom. The van der Waals surface area contributed by atoms with Gasteiger partial charge in [0, 0.05) is 26.1 Å². The molecular formula is C14H17ClN2O6S. The summed E-state index contributed by atoms with van der Waals surface area (Å²) in [7, 11) is -2.28. The average Bonchev–Trinajstić information content (AvgIpc) is 2.52. The van der Waals surface area contributed by atoms with Crippen molar-refractivity contribution in [3.8, 4) is 5.75 Å². The third-order valence-corrected chi connectivity index (χ3v) is 5.40. The number of carbonyl (C=O) groups excluding carboxylic acids is 2. The van der Waals surface area contributed by atoms with Crippen molar-refractivity contribution in [3.63, 3.8) is 0 Å². The SMILES string of the molecule is COCCNC(=O)CCS(=O)(=O)c1cc2c(cc1Cl)NC(=O)CO2. The molecule has 0 unspecified atom stereocenters. The maximum Gasteiger partial charge on any atom is 0.262 e. The van der Waals surface area contributed by atoms with E-state index in [1.165, 1.54) is 19.2 Å². The van der Waals surface area contributed by atoms with E-state index in [9.17, 15) is 18.0 Å². The molecule has 1 aromatic rings. The molecular weight excluding hydrogens is 360 g/mol. The van der Waals surface area contributed by atoms with Gasteiger partial charge in [0.2, 0.25) is 5.91 Å². The summed E-state index contributed by atoms with van der Waals surface area (Å²) < 4.78 is 34.8. The van der Waals surface area contributed by atoms with Crippen LogP contribution in [-0.4, -0.2) is 52.9 Å². The number of benzene rings is 1. The average molecular weight is 377 g/mol. The minimum Gasteiger partial charge on any atom is -0.482 e. The van der Waals surface area contributed by atoms with Gasteiger partial charge in [-0.3, -0.25) is 9.59 Å². The second-order valence-electron chi connectivity index (χ2n) is 5.03. The third kappa shape index (κ3) is 4.59. The zero-order chi connectivity index (χ0) is 17.7. The Balaban J connectivity index is 2.09. The van der Waals surface area contributed by atoms with Crippen LogP contribution in [0.25, 0.3) is 0 Å². The smallest absolute Gasteiger partial charge is 0.262 e. The summed E-state index contributed by atoms with van der Waals surface area (Å²) in [4.78, 5) is 22.7. The van der Waals surface area contributed by atoms with Crippen molar-refractivity contribution in [1.82, 2.24) is 5.32 Å². The summed E-state index contributed by atoms with van der Waals surface area (Å²) in [6.45, 7) is 0.455. The van der Waals surface area contributed by atoms with E-state index in [1.54, 1.807) is 0 Å². The molecule has 132 valence electrons. The third-order valence-electron chi connectivity index (χ3n) is 3.23. The number of fused-ring (bicyclic) bond motifs is 1. The first-order valence-corrected chi connectivity index (χ1v) is 9.11. The summed E-state index contributed by atoms with van der Waals surface area (Å²) >= 11 is 6.01. The summed E-state index contributed by atoms with van der Waals surface area (Å²) in [5.74, 6) is -0.909. The lowest BCUT2D eigenvalue weighted by Crippen LogP contribution is -2.28. The van der Waals surface area contributed by atoms with Crippen molar-refractivity contribution < 1.29 is 27.5 Å². The molecule has 0 radical (unpaired) electrons. The van der Waals surface area contributed by atoms with Crippen LogP contribution >= 0.6 is 11.6 Å². The van der Waals surface area contributed by atoms with E-state index in [-0.39, 0.29) is 34.6 Å². The van der Waals surface area contributed by atoms with Crippen LogP contribution in [0.2, 0.25) is 5.02 Å². The van der Waals surface area contributed by atoms with E-state index < -0.39 is 21.5 Å². The molecule has 0 saturated heterocycles. The molecule has 2 rings (SSSR count). The van der Waals surface area contributed by atoms with Crippen molar-refractivity contribution in [2.75, 3.05) is 37.9 Å². The van der Waals surface area contributed by atoms with Gasteiger partial charge in [-0.05, 0) is 6.07 Å². The molecule has 0 saturated carbocycles. The van der Waals surface area contributed by atoms with E-state index in [4.69, 9.17) is 21.1 Å². The van der Waals surface area contributed by atoms with Gasteiger partial charge in [-0.25, -0.2) is 8.42 Å². The number of halogens is 1. The second-order valence-corrected chi connectivity index (χ2v) is 7.51. The normalized spacial score (nSPS) is 13.7. The zero-order valence-electron chi connectivity index (χ0n) is 12.9. The van der Waals surface area contributed by atoms with Gasteiger partial charge in [0.05, 0.1) is 28.0 Å². The largest absolute Gasteiger partial charge is 0.482 e. The first-order valence-electron chi connectivity index (χ1n) is 7.08. The van der Waals surface area contributed by atoms with Gasteiger partial charge in [0.15, 0.2) is 16.4 Å². The Kier molecular flexibility index (Phi) is 6.03. The van der Waals surface area contributed by atoms with Crippen LogP contribution in [0.5, 0.6) is 5.75 Å². The summed E-state index contributed by atoms with van der Waals surface area (Å²) in [6.07, 6.45) is -0.197. The number of hydrogen-bond donors (Lipinski definition) is 2. The van der Waals surface area contributed by atoms with Gasteiger partial charge < -0.3 is 20.1 Å². The molecule has 24 heavy (non-hydrogen) atoms. The van der Waals surface area contributed by atoms with Crippen molar-refractivity contribution in [3.05, 3.63) is 17.2 Å². The Morgan fingerprint density at radius 2 is 2.21 bits per heavy atom. The maximum atomic E-state index is 12.4. The number of hydrogen-bond acceptors (Lipinski definition) is 6. The van der Waals surface area contributed by atoms with E-state index in [1.807, 2.05) is 0 Å². The molecule has 2 amide bonds. The zero-order valence-corrected chi connectivity index (χ0v) is 14.5. The molecule has 1 aliphatic heterocycles. The molecule has 0 aromatic heterocycles. The lowest BCUT2D eigenvalue weighted by atomic mass is 10.2. The number of amides is 2. The fourth-order valence-electron chi connectivity index (χ4n) is 2.04. The molecule has 2 N–H and O–H groups in total. The van der Waals surface area contributed by atoms with Crippen LogP contribution in [0.1, 0.15) is 6.42 Å². The molecule has 0 spiro atoms. The Bertz CT molecular complexity index is 750. The number of nitrogens with one attached hydrogen (secondary N) is 2. The minimum atomic E-state index is -3.78. The van der Waals surface area contributed by atoms with Gasteiger partial charge >= 0.3 is 0 Å². The number of rotatable bonds is 7. The first kappa shape index (κ1) is 18.5. The van der Waals surface area contributed by atoms with Gasteiger partial charge in [0.1, 0.15) is 5.75 Å². The molecule has 0 aliphatic carbocycles. The number of anilines is 1. The van der Waals surface area contributed by atoms with Crippen LogP contribution in [0.3, 0.4) is 0 Å². The van der Waals surface area contributed by atoms with E-state index >= 15 is 0 Å². The molecule has 8 nitrogen and oxygen atoms in total. The summed E-state index contributed by atoms with van der Waals surface area (Å²) in [5.41, 5.74) is 0.313. The highest BCUT2D eigenvalue weighted by Gasteiger charge is 2.25. The highest BCUT2D eigenvalue weighted by Crippen LogP contribution is 2.36. The Morgan fingerprint density at radius 3 is 2.92 bits per heavy atom. The molecule has 0 bridgehead atoms. The summed E-state index contributed by atoms with van der Waals surface area (Å²) in [6, 6.07) is 2.58. The van der Waals surface area contributed by atoms with Gasteiger partial charge in [-0.15, -0.1) is 0 Å². The predicted molar refractivity (Wildman–Crippen MR) is 87.1 cm³/mol. The van der Waals surface area contributed by atoms with Crippen LogP contribution in [-0.2, 0) is 24.2 Å². The van der Waals surface area contributed by atoms with E-state index in [2.05, 4.69) is 10.6 Å². The minimum absolute atomic E-state index is 0.0423. The number of carbonyl (C=O) groups is 2. The second kappa shape index (κ2) is 7.82. The fourth-order valence-corrected chi connectivity index (χ4v) is 3.87. The van der Waals surface area contributed by atoms with Crippen LogP contribution < -0.4 is 15.4 Å². The van der Waals surface area contributed by atoms with Gasteiger partial charge in [-0.2, -0.15) is 0 Å².